The number of pyridine rings is 4. The van der Waals surface area contributed by atoms with Crippen molar-refractivity contribution < 1.29 is 162 Å². The number of hydrogen-bond donors (Lipinski definition) is 0. The number of carbonyl (C=O) groups excluding carboxylic acids is 4. The molecule has 8 aromatic rings. The fraction of sp³-hybridized carbons (Fsp3) is 0. The van der Waals surface area contributed by atoms with Gasteiger partial charge >= 0.3 is 34.1 Å². The molecular formula is C48H16Cu2F20N4O8. The van der Waals surface area contributed by atoms with Crippen LogP contribution in [0.5, 0.6) is 0 Å². The maximum atomic E-state index is 12.5. The Bertz CT molecular complexity index is 3010. The second kappa shape index (κ2) is 31.7. The molecule has 0 N–H and O–H groups in total. The first-order chi connectivity index (χ1) is 37.4. The van der Waals surface area contributed by atoms with Crippen LogP contribution < -0.4 is 20.4 Å². The van der Waals surface area contributed by atoms with Crippen molar-refractivity contribution in [1.29, 1.82) is 0 Å². The van der Waals surface area contributed by atoms with Gasteiger partial charge in [0.1, 0.15) is 0 Å². The summed E-state index contributed by atoms with van der Waals surface area (Å²) in [5, 5.41) is 40.0. The Morgan fingerprint density at radius 1 is 0.232 bits per heavy atom. The van der Waals surface area contributed by atoms with Gasteiger partial charge in [-0.05, 0) is 48.5 Å². The fourth-order valence-corrected chi connectivity index (χ4v) is 5.19. The summed E-state index contributed by atoms with van der Waals surface area (Å²) in [4.78, 5) is 56.8. The van der Waals surface area contributed by atoms with Gasteiger partial charge in [0, 0.05) is 24.8 Å². The summed E-state index contributed by atoms with van der Waals surface area (Å²) >= 11 is 0. The van der Waals surface area contributed by atoms with Gasteiger partial charge < -0.3 is 39.6 Å². The molecular weight excluding hydrogens is 1270 g/mol. The summed E-state index contributed by atoms with van der Waals surface area (Å²) in [6.45, 7) is 0. The third-order valence-corrected chi connectivity index (χ3v) is 8.84. The second-order valence-electron chi connectivity index (χ2n) is 13.8. The first-order valence-electron chi connectivity index (χ1n) is 20.0. The van der Waals surface area contributed by atoms with Crippen molar-refractivity contribution in [3.05, 3.63) is 236 Å². The minimum Gasteiger partial charge on any atom is -0.545 e. The zero-order valence-corrected chi connectivity index (χ0v) is 40.3. The maximum Gasteiger partial charge on any atom is 2.00 e. The zero-order chi connectivity index (χ0) is 60.6. The van der Waals surface area contributed by atoms with Crippen molar-refractivity contribution >= 4 is 23.9 Å². The molecule has 8 rings (SSSR count). The Hall–Kier alpha value is -9.00. The molecule has 0 saturated heterocycles. The molecule has 438 valence electrons. The number of rotatable bonds is 6. The molecule has 0 saturated carbocycles. The van der Waals surface area contributed by atoms with E-state index in [9.17, 15) is 127 Å². The quantitative estimate of drug-likeness (QED) is 0.0697. The standard InChI is InChI=1S/2C10H8N2.4C7HF5O2.2Cu/c2*1-3-7-11-9(5-1)10-6-2-4-8-12-10;4*8-2-1(7(13)14)3(9)5(11)6(12)4(2)10;;/h2*1-8H;4*(H,13,14);;/q;;;;;;2*+2/p-4. The predicted molar refractivity (Wildman–Crippen MR) is 217 cm³/mol. The average molecular weight is 1280 g/mol. The van der Waals surface area contributed by atoms with E-state index in [0.717, 1.165) is 22.8 Å². The predicted octanol–water partition coefficient (Wildman–Crippen LogP) is 7.26. The smallest absolute Gasteiger partial charge is 0.545 e. The van der Waals surface area contributed by atoms with Crippen molar-refractivity contribution in [2.45, 2.75) is 0 Å². The average Bonchev–Trinajstić information content (AvgIpc) is 3.44. The van der Waals surface area contributed by atoms with E-state index in [1.54, 1.807) is 24.8 Å². The van der Waals surface area contributed by atoms with Gasteiger partial charge in [0.05, 0.1) is 68.9 Å². The van der Waals surface area contributed by atoms with E-state index in [1.807, 2.05) is 72.8 Å². The van der Waals surface area contributed by atoms with E-state index in [0.29, 0.717) is 0 Å². The summed E-state index contributed by atoms with van der Waals surface area (Å²) in [5.41, 5.74) is -4.22. The summed E-state index contributed by atoms with van der Waals surface area (Å²) in [7, 11) is 0. The number of hydrogen-bond acceptors (Lipinski definition) is 12. The minimum absolute atomic E-state index is 0. The van der Waals surface area contributed by atoms with Gasteiger partial charge in [-0.3, -0.25) is 19.9 Å². The Morgan fingerprint density at radius 2 is 0.354 bits per heavy atom. The summed E-state index contributed by atoms with van der Waals surface area (Å²) in [6, 6.07) is 23.2. The van der Waals surface area contributed by atoms with Crippen molar-refractivity contribution in [3.63, 3.8) is 0 Å². The van der Waals surface area contributed by atoms with Gasteiger partial charge in [0.25, 0.3) is 0 Å². The summed E-state index contributed by atoms with van der Waals surface area (Å²) in [6.07, 6.45) is 7.07. The first kappa shape index (κ1) is 71.0. The Labute approximate surface area is 463 Å². The largest absolute Gasteiger partial charge is 2.00 e. The van der Waals surface area contributed by atoms with E-state index >= 15 is 0 Å². The molecule has 0 spiro atoms. The molecule has 4 heterocycles. The Kier molecular flexibility index (Phi) is 27.5. The number of carboxylic acids is 4. The fourth-order valence-electron chi connectivity index (χ4n) is 5.19. The molecule has 0 aliphatic heterocycles. The number of aromatic nitrogens is 4. The number of carboxylic acid groups (broad SMARTS) is 4. The monoisotopic (exact) mass is 1280 g/mol. The molecule has 34 heteroatoms. The van der Waals surface area contributed by atoms with Crippen molar-refractivity contribution in [3.8, 4) is 22.8 Å². The molecule has 0 amide bonds. The Balaban J connectivity index is 0.000000490. The van der Waals surface area contributed by atoms with Crippen molar-refractivity contribution in [1.82, 2.24) is 19.9 Å². The molecule has 0 aliphatic rings. The number of nitrogens with zero attached hydrogens (tertiary/aromatic N) is 4. The van der Waals surface area contributed by atoms with Crippen LogP contribution in [0.2, 0.25) is 0 Å². The topological polar surface area (TPSA) is 212 Å². The van der Waals surface area contributed by atoms with Crippen molar-refractivity contribution in [2.24, 2.45) is 0 Å². The van der Waals surface area contributed by atoms with Crippen LogP contribution in [-0.2, 0) is 34.1 Å². The zero-order valence-electron chi connectivity index (χ0n) is 38.5. The van der Waals surface area contributed by atoms with Crippen LogP contribution in [-0.4, -0.2) is 43.8 Å². The molecule has 0 fully saturated rings. The van der Waals surface area contributed by atoms with Crippen LogP contribution in [0.15, 0.2) is 97.6 Å². The van der Waals surface area contributed by atoms with E-state index in [1.165, 1.54) is 0 Å². The van der Waals surface area contributed by atoms with Gasteiger partial charge in [-0.15, -0.1) is 0 Å². The number of carbonyl (C=O) groups is 4. The third kappa shape index (κ3) is 17.0. The van der Waals surface area contributed by atoms with Gasteiger partial charge in [0.2, 0.25) is 23.3 Å². The van der Waals surface area contributed by atoms with Crippen molar-refractivity contribution in [2.75, 3.05) is 0 Å². The molecule has 82 heavy (non-hydrogen) atoms. The second-order valence-corrected chi connectivity index (χ2v) is 13.8. The first-order valence-corrected chi connectivity index (χ1v) is 20.0. The molecule has 0 aliphatic carbocycles. The molecule has 0 atom stereocenters. The Morgan fingerprint density at radius 3 is 0.451 bits per heavy atom. The molecule has 0 unspecified atom stereocenters. The van der Waals surface area contributed by atoms with Crippen LogP contribution in [0.1, 0.15) is 41.4 Å². The maximum absolute atomic E-state index is 12.5. The van der Waals surface area contributed by atoms with Gasteiger partial charge in [-0.25, -0.2) is 87.8 Å². The van der Waals surface area contributed by atoms with Gasteiger partial charge in [-0.1, -0.05) is 24.3 Å². The van der Waals surface area contributed by atoms with Crippen LogP contribution in [0.3, 0.4) is 0 Å². The van der Waals surface area contributed by atoms with E-state index in [-0.39, 0.29) is 34.1 Å². The van der Waals surface area contributed by atoms with Crippen LogP contribution in [0, 0.1) is 116 Å². The van der Waals surface area contributed by atoms with Gasteiger partial charge in [-0.2, -0.15) is 0 Å². The van der Waals surface area contributed by atoms with Crippen LogP contribution in [0.4, 0.5) is 87.8 Å². The summed E-state index contributed by atoms with van der Waals surface area (Å²) < 4.78 is 248. The van der Waals surface area contributed by atoms with E-state index in [2.05, 4.69) is 19.9 Å². The minimum atomic E-state index is -2.47. The SMILES string of the molecule is O=C([O-])c1c(F)c(F)c(F)c(F)c1F.O=C([O-])c1c(F)c(F)c(F)c(F)c1F.O=C([O-])c1c(F)c(F)c(F)c(F)c1F.O=C([O-])c1c(F)c(F)c(F)c(F)c1F.[Cu+2].[Cu+2].c1ccc(-c2ccccn2)nc1.c1ccc(-c2ccccn2)nc1. The summed E-state index contributed by atoms with van der Waals surface area (Å²) in [5.74, 6) is -57.4. The normalized spacial score (nSPS) is 9.90. The molecule has 12 nitrogen and oxygen atoms in total. The van der Waals surface area contributed by atoms with Crippen LogP contribution in [0.25, 0.3) is 22.8 Å². The van der Waals surface area contributed by atoms with E-state index in [4.69, 9.17) is 0 Å². The number of halogens is 20. The third-order valence-electron chi connectivity index (χ3n) is 8.84. The molecule has 2 radical (unpaired) electrons. The molecule has 4 aromatic heterocycles. The molecule has 0 bridgehead atoms. The van der Waals surface area contributed by atoms with E-state index < -0.39 is 162 Å². The number of benzene rings is 4. The number of aromatic carboxylic acids is 4. The van der Waals surface area contributed by atoms with Gasteiger partial charge in [0.15, 0.2) is 93.1 Å². The molecule has 4 aromatic carbocycles. The van der Waals surface area contributed by atoms with Crippen LogP contribution >= 0.6 is 0 Å².